The van der Waals surface area contributed by atoms with E-state index in [1.807, 2.05) is 122 Å². The number of fused-ring (bicyclic) bond motifs is 2. The lowest BCUT2D eigenvalue weighted by atomic mass is 9.73. The molecule has 0 spiro atoms. The number of aromatic nitrogens is 6. The molecular weight excluding hydrogens is 749 g/mol. The molecule has 296 valence electrons. The van der Waals surface area contributed by atoms with Gasteiger partial charge in [0.25, 0.3) is 0 Å². The highest BCUT2D eigenvalue weighted by atomic mass is 16.5. The number of benzene rings is 6. The van der Waals surface area contributed by atoms with Crippen LogP contribution >= 0.6 is 0 Å². The van der Waals surface area contributed by atoms with Crippen molar-refractivity contribution in [1.29, 1.82) is 0 Å². The summed E-state index contributed by atoms with van der Waals surface area (Å²) in [5, 5.41) is 0. The molecule has 0 aliphatic carbocycles. The van der Waals surface area contributed by atoms with Crippen LogP contribution in [0.2, 0.25) is 0 Å². The van der Waals surface area contributed by atoms with E-state index < -0.39 is 5.41 Å². The Morgan fingerprint density at radius 1 is 0.492 bits per heavy atom. The highest BCUT2D eigenvalue weighted by Gasteiger charge is 2.38. The van der Waals surface area contributed by atoms with Crippen LogP contribution in [0.25, 0.3) is 73.6 Å². The number of allylic oxidation sites excluding steroid dienone is 5. The van der Waals surface area contributed by atoms with Gasteiger partial charge in [0.15, 0.2) is 34.9 Å². The summed E-state index contributed by atoms with van der Waals surface area (Å²) in [7, 11) is 0. The molecule has 61 heavy (non-hydrogen) atoms. The molecule has 0 bridgehead atoms. The average Bonchev–Trinajstić information content (AvgIpc) is 3.30. The third-order valence-electron chi connectivity index (χ3n) is 11.0. The zero-order valence-corrected chi connectivity index (χ0v) is 34.9. The summed E-state index contributed by atoms with van der Waals surface area (Å²) in [5.74, 6) is 5.05. The van der Waals surface area contributed by atoms with E-state index in [0.717, 1.165) is 78.3 Å². The highest BCUT2D eigenvalue weighted by molar-refractivity contribution is 5.82. The van der Waals surface area contributed by atoms with Gasteiger partial charge in [-0.05, 0) is 61.2 Å². The summed E-state index contributed by atoms with van der Waals surface area (Å²) in [4.78, 5) is 30.1. The van der Waals surface area contributed by atoms with Gasteiger partial charge in [-0.2, -0.15) is 0 Å². The molecule has 9 rings (SSSR count). The summed E-state index contributed by atoms with van der Waals surface area (Å²) < 4.78 is 7.24. The van der Waals surface area contributed by atoms with Crippen LogP contribution in [0.1, 0.15) is 48.8 Å². The topological polar surface area (TPSA) is 86.6 Å². The van der Waals surface area contributed by atoms with Gasteiger partial charge in [-0.3, -0.25) is 0 Å². The number of hydrogen-bond donors (Lipinski definition) is 0. The lowest BCUT2D eigenvalue weighted by molar-refractivity contribution is 0.420. The van der Waals surface area contributed by atoms with Gasteiger partial charge < -0.3 is 4.74 Å². The van der Waals surface area contributed by atoms with Crippen molar-refractivity contribution in [3.8, 4) is 79.6 Å². The molecule has 0 atom stereocenters. The molecule has 0 N–H and O–H groups in total. The van der Waals surface area contributed by atoms with E-state index in [-0.39, 0.29) is 0 Å². The quantitative estimate of drug-likeness (QED) is 0.135. The second kappa shape index (κ2) is 16.2. The van der Waals surface area contributed by atoms with Gasteiger partial charge in [-0.1, -0.05) is 166 Å². The molecule has 2 aromatic heterocycles. The summed E-state index contributed by atoms with van der Waals surface area (Å²) in [6.45, 7) is 14.6. The maximum absolute atomic E-state index is 7.24. The Morgan fingerprint density at radius 2 is 0.934 bits per heavy atom. The molecule has 0 radical (unpaired) electrons. The Balaban J connectivity index is 1.19. The molecule has 3 heterocycles. The van der Waals surface area contributed by atoms with E-state index in [9.17, 15) is 0 Å². The molecule has 8 aromatic rings. The molecule has 0 unspecified atom stereocenters. The van der Waals surface area contributed by atoms with E-state index in [0.29, 0.717) is 34.9 Å². The Hall–Kier alpha value is -7.64. The lowest BCUT2D eigenvalue weighted by Gasteiger charge is -2.37. The SMILES string of the molecule is C=C/C=C\C=C(/C)c1nc(-c2ccccc2)nc(-c2cccc(-c3cc(C)cc4c3Oc3c(-c5nc(-c6ccccc6)nc(-c6ccccc6)n5)cc(C)cc3C4(C)C)c2)n1. The van der Waals surface area contributed by atoms with Gasteiger partial charge in [0.1, 0.15) is 11.5 Å². The molecule has 0 amide bonds. The van der Waals surface area contributed by atoms with Gasteiger partial charge >= 0.3 is 0 Å². The monoisotopic (exact) mass is 792 g/mol. The third kappa shape index (κ3) is 7.70. The fraction of sp³-hybridized carbons (Fsp3) is 0.111. The minimum Gasteiger partial charge on any atom is -0.455 e. The standard InChI is InChI=1S/C54H44N6O/c1-7-8-12-20-36(4)48-55-49(37-21-13-9-14-22-37)58-52(56-48)41-28-19-27-40(33-41)42-29-34(2)31-44-46(42)61-47-43(30-35(3)32-45(47)54(44,5)6)53-59-50(38-23-15-10-16-24-38)57-51(60-53)39-25-17-11-18-26-39/h7-33H,1H2,2-6H3/b12-8-,36-20+. The van der Waals surface area contributed by atoms with E-state index >= 15 is 0 Å². The minimum atomic E-state index is -0.433. The van der Waals surface area contributed by atoms with E-state index in [4.69, 9.17) is 34.6 Å². The second-order valence-electron chi connectivity index (χ2n) is 15.9. The maximum Gasteiger partial charge on any atom is 0.167 e. The van der Waals surface area contributed by atoms with Crippen molar-refractivity contribution < 1.29 is 4.74 Å². The molecule has 6 aromatic carbocycles. The van der Waals surface area contributed by atoms with Crippen molar-refractivity contribution in [2.45, 2.75) is 40.0 Å². The van der Waals surface area contributed by atoms with Crippen molar-refractivity contribution in [3.63, 3.8) is 0 Å². The predicted octanol–water partition coefficient (Wildman–Crippen LogP) is 13.3. The van der Waals surface area contributed by atoms with Crippen LogP contribution in [-0.4, -0.2) is 29.9 Å². The largest absolute Gasteiger partial charge is 0.455 e. The van der Waals surface area contributed by atoms with E-state index in [1.54, 1.807) is 6.08 Å². The first-order chi connectivity index (χ1) is 29.7. The van der Waals surface area contributed by atoms with Crippen LogP contribution in [0.4, 0.5) is 0 Å². The molecule has 0 saturated heterocycles. The number of hydrogen-bond acceptors (Lipinski definition) is 7. The van der Waals surface area contributed by atoms with Crippen molar-refractivity contribution >= 4 is 5.57 Å². The first-order valence-corrected chi connectivity index (χ1v) is 20.4. The average molecular weight is 793 g/mol. The molecule has 0 fully saturated rings. The lowest BCUT2D eigenvalue weighted by Crippen LogP contribution is -2.25. The minimum absolute atomic E-state index is 0.433. The molecule has 1 aliphatic heterocycles. The summed E-state index contributed by atoms with van der Waals surface area (Å²) in [6.07, 6.45) is 7.55. The zero-order chi connectivity index (χ0) is 42.1. The fourth-order valence-corrected chi connectivity index (χ4v) is 7.83. The second-order valence-corrected chi connectivity index (χ2v) is 15.9. The number of rotatable bonds is 9. The summed E-state index contributed by atoms with van der Waals surface area (Å²) >= 11 is 0. The zero-order valence-electron chi connectivity index (χ0n) is 34.9. The van der Waals surface area contributed by atoms with E-state index in [2.05, 4.69) is 76.7 Å². The van der Waals surface area contributed by atoms with Crippen LogP contribution in [0.3, 0.4) is 0 Å². The Kier molecular flexibility index (Phi) is 10.3. The van der Waals surface area contributed by atoms with Gasteiger partial charge in [0, 0.05) is 44.4 Å². The predicted molar refractivity (Wildman–Crippen MR) is 247 cm³/mol. The van der Waals surface area contributed by atoms with Crippen LogP contribution in [0.15, 0.2) is 170 Å². The third-order valence-corrected chi connectivity index (χ3v) is 11.0. The van der Waals surface area contributed by atoms with Gasteiger partial charge in [-0.15, -0.1) is 0 Å². The van der Waals surface area contributed by atoms with Gasteiger partial charge in [0.2, 0.25) is 0 Å². The normalized spacial score (nSPS) is 13.0. The van der Waals surface area contributed by atoms with Crippen molar-refractivity contribution in [2.75, 3.05) is 0 Å². The summed E-state index contributed by atoms with van der Waals surface area (Å²) in [6, 6.07) is 47.3. The highest BCUT2D eigenvalue weighted by Crippen LogP contribution is 2.54. The van der Waals surface area contributed by atoms with Gasteiger partial charge in [-0.25, -0.2) is 29.9 Å². The Morgan fingerprint density at radius 3 is 1.48 bits per heavy atom. The number of nitrogens with zero attached hydrogens (tertiary/aromatic N) is 6. The van der Waals surface area contributed by atoms with Crippen LogP contribution in [-0.2, 0) is 5.41 Å². The number of ether oxygens (including phenoxy) is 1. The first-order valence-electron chi connectivity index (χ1n) is 20.4. The molecule has 7 nitrogen and oxygen atoms in total. The summed E-state index contributed by atoms with van der Waals surface area (Å²) in [5.41, 5.74) is 11.2. The van der Waals surface area contributed by atoms with Crippen LogP contribution < -0.4 is 4.74 Å². The Bertz CT molecular complexity index is 2950. The van der Waals surface area contributed by atoms with E-state index in [1.165, 1.54) is 0 Å². The van der Waals surface area contributed by atoms with Crippen molar-refractivity contribution in [1.82, 2.24) is 29.9 Å². The smallest absolute Gasteiger partial charge is 0.167 e. The molecule has 7 heteroatoms. The number of aryl methyl sites for hydroxylation is 2. The van der Waals surface area contributed by atoms with Crippen molar-refractivity contribution in [3.05, 3.63) is 198 Å². The molecule has 1 aliphatic rings. The van der Waals surface area contributed by atoms with Gasteiger partial charge in [0.05, 0.1) is 5.56 Å². The van der Waals surface area contributed by atoms with Crippen molar-refractivity contribution in [2.24, 2.45) is 0 Å². The Labute approximate surface area is 357 Å². The van der Waals surface area contributed by atoms with Crippen LogP contribution in [0, 0.1) is 13.8 Å². The molecule has 0 saturated carbocycles. The molecular formula is C54H44N6O. The van der Waals surface area contributed by atoms with Crippen LogP contribution in [0.5, 0.6) is 11.5 Å². The maximum atomic E-state index is 7.24. The first kappa shape index (κ1) is 38.9. The fourth-order valence-electron chi connectivity index (χ4n) is 7.83.